The van der Waals surface area contributed by atoms with Crippen molar-refractivity contribution in [3.63, 3.8) is 0 Å². The zero-order chi connectivity index (χ0) is 36.8. The van der Waals surface area contributed by atoms with Gasteiger partial charge >= 0.3 is 0 Å². The number of aromatic nitrogens is 4. The lowest BCUT2D eigenvalue weighted by Crippen LogP contribution is -2.14. The number of hydrogen-bond acceptors (Lipinski definition) is 5. The number of nitriles is 1. The molecule has 0 N–H and O–H groups in total. The van der Waals surface area contributed by atoms with Crippen LogP contribution in [0.1, 0.15) is 30.5 Å². The second kappa shape index (κ2) is 11.6. The summed E-state index contributed by atoms with van der Waals surface area (Å²) in [6, 6.07) is 54.1. The fourth-order valence-corrected chi connectivity index (χ4v) is 8.79. The van der Waals surface area contributed by atoms with Crippen LogP contribution in [0.25, 0.3) is 94.7 Å². The first-order valence-corrected chi connectivity index (χ1v) is 18.4. The van der Waals surface area contributed by atoms with Gasteiger partial charge in [0.1, 0.15) is 17.2 Å². The first kappa shape index (κ1) is 31.2. The van der Waals surface area contributed by atoms with E-state index in [1.807, 2.05) is 84.9 Å². The molecule has 6 nitrogen and oxygen atoms in total. The second-order valence-electron chi connectivity index (χ2n) is 14.7. The van der Waals surface area contributed by atoms with Gasteiger partial charge in [-0.25, -0.2) is 15.0 Å². The molecule has 0 atom stereocenters. The molecule has 0 fully saturated rings. The van der Waals surface area contributed by atoms with Gasteiger partial charge in [-0.15, -0.1) is 0 Å². The first-order chi connectivity index (χ1) is 27.0. The summed E-state index contributed by atoms with van der Waals surface area (Å²) in [6.07, 6.45) is 0. The van der Waals surface area contributed by atoms with Crippen LogP contribution in [0.3, 0.4) is 0 Å². The summed E-state index contributed by atoms with van der Waals surface area (Å²) < 4.78 is 9.08. The van der Waals surface area contributed by atoms with Crippen LogP contribution in [0.5, 0.6) is 0 Å². The molecule has 0 aliphatic heterocycles. The van der Waals surface area contributed by atoms with Crippen molar-refractivity contribution in [1.29, 1.82) is 5.26 Å². The Morgan fingerprint density at radius 3 is 1.91 bits per heavy atom. The average Bonchev–Trinajstić information content (AvgIpc) is 3.87. The second-order valence-corrected chi connectivity index (χ2v) is 14.7. The predicted octanol–water partition coefficient (Wildman–Crippen LogP) is 12.0. The minimum Gasteiger partial charge on any atom is -0.455 e. The summed E-state index contributed by atoms with van der Waals surface area (Å²) in [5.74, 6) is 1.50. The van der Waals surface area contributed by atoms with Gasteiger partial charge in [0.25, 0.3) is 0 Å². The number of para-hydroxylation sites is 2. The fraction of sp³-hybridized carbons (Fsp3) is 0.0612. The number of benzene rings is 7. The van der Waals surface area contributed by atoms with E-state index in [2.05, 4.69) is 91.2 Å². The third-order valence-corrected chi connectivity index (χ3v) is 11.3. The number of rotatable bonds is 4. The summed E-state index contributed by atoms with van der Waals surface area (Å²) in [5.41, 5.74) is 12.0. The number of fused-ring (bicyclic) bond motifs is 10. The van der Waals surface area contributed by atoms with Gasteiger partial charge < -0.3 is 8.98 Å². The van der Waals surface area contributed by atoms with E-state index in [4.69, 9.17) is 19.4 Å². The van der Waals surface area contributed by atoms with Crippen molar-refractivity contribution < 1.29 is 4.42 Å². The third kappa shape index (κ3) is 4.44. The largest absolute Gasteiger partial charge is 0.455 e. The van der Waals surface area contributed by atoms with Crippen molar-refractivity contribution in [1.82, 2.24) is 19.5 Å². The van der Waals surface area contributed by atoms with Crippen LogP contribution in [-0.4, -0.2) is 19.5 Å². The van der Waals surface area contributed by atoms with Crippen molar-refractivity contribution in [2.75, 3.05) is 0 Å². The monoisotopic (exact) mass is 705 g/mol. The molecule has 10 aromatic rings. The Balaban J connectivity index is 1.27. The van der Waals surface area contributed by atoms with E-state index in [0.29, 0.717) is 39.8 Å². The lowest BCUT2D eigenvalue weighted by molar-refractivity contribution is 0.661. The van der Waals surface area contributed by atoms with Crippen LogP contribution >= 0.6 is 0 Å². The van der Waals surface area contributed by atoms with Gasteiger partial charge in [0.05, 0.1) is 33.2 Å². The molecule has 6 heteroatoms. The van der Waals surface area contributed by atoms with Gasteiger partial charge in [0.2, 0.25) is 0 Å². The Bertz CT molecular complexity index is 3180. The SMILES string of the molecule is CC1(C)c2ccccc2-c2c1ccc1c2c2ccccc2n1-c1c(C#N)cc(-c2nc(-c3ccccc3)nc(-c3ccccc3)n2)c2oc3ccccc3c12. The fourth-order valence-electron chi connectivity index (χ4n) is 8.79. The summed E-state index contributed by atoms with van der Waals surface area (Å²) in [5, 5.41) is 15.2. The van der Waals surface area contributed by atoms with Gasteiger partial charge in [-0.2, -0.15) is 5.26 Å². The van der Waals surface area contributed by atoms with E-state index < -0.39 is 0 Å². The topological polar surface area (TPSA) is 80.5 Å². The maximum absolute atomic E-state index is 11.2. The Morgan fingerprint density at radius 2 is 1.18 bits per heavy atom. The van der Waals surface area contributed by atoms with Gasteiger partial charge in [0, 0.05) is 32.7 Å². The maximum Gasteiger partial charge on any atom is 0.167 e. The quantitative estimate of drug-likeness (QED) is 0.182. The van der Waals surface area contributed by atoms with Crippen LogP contribution in [0, 0.1) is 11.3 Å². The molecule has 0 saturated carbocycles. The number of nitrogens with zero attached hydrogens (tertiary/aromatic N) is 5. The molecule has 0 bridgehead atoms. The Morgan fingerprint density at radius 1 is 0.564 bits per heavy atom. The van der Waals surface area contributed by atoms with Gasteiger partial charge in [-0.05, 0) is 46.5 Å². The summed E-state index contributed by atoms with van der Waals surface area (Å²) >= 11 is 0. The minimum absolute atomic E-state index is 0.154. The van der Waals surface area contributed by atoms with Gasteiger partial charge in [0.15, 0.2) is 17.5 Å². The summed E-state index contributed by atoms with van der Waals surface area (Å²) in [4.78, 5) is 15.1. The molecule has 3 heterocycles. The molecule has 0 saturated heterocycles. The molecule has 7 aromatic carbocycles. The van der Waals surface area contributed by atoms with E-state index in [1.54, 1.807) is 0 Å². The van der Waals surface area contributed by atoms with E-state index >= 15 is 0 Å². The highest BCUT2D eigenvalue weighted by atomic mass is 16.3. The number of furan rings is 1. The zero-order valence-corrected chi connectivity index (χ0v) is 30.1. The molecule has 55 heavy (non-hydrogen) atoms. The molecule has 0 spiro atoms. The van der Waals surface area contributed by atoms with Crippen molar-refractivity contribution in [2.45, 2.75) is 19.3 Å². The highest BCUT2D eigenvalue weighted by Crippen LogP contribution is 2.54. The van der Waals surface area contributed by atoms with E-state index in [1.165, 1.54) is 27.6 Å². The Labute approximate surface area is 316 Å². The molecular formula is C49H31N5O. The Kier molecular flexibility index (Phi) is 6.56. The lowest BCUT2D eigenvalue weighted by atomic mass is 9.82. The smallest absolute Gasteiger partial charge is 0.167 e. The highest BCUT2D eigenvalue weighted by molar-refractivity contribution is 6.21. The van der Waals surface area contributed by atoms with Gasteiger partial charge in [-0.1, -0.05) is 141 Å². The maximum atomic E-state index is 11.2. The number of hydrogen-bond donors (Lipinski definition) is 0. The molecule has 0 unspecified atom stereocenters. The van der Waals surface area contributed by atoms with Crippen molar-refractivity contribution >= 4 is 43.7 Å². The molecule has 0 radical (unpaired) electrons. The van der Waals surface area contributed by atoms with Crippen LogP contribution < -0.4 is 0 Å². The summed E-state index contributed by atoms with van der Waals surface area (Å²) in [7, 11) is 0. The lowest BCUT2D eigenvalue weighted by Gasteiger charge is -2.21. The molecular weight excluding hydrogens is 675 g/mol. The van der Waals surface area contributed by atoms with E-state index in [0.717, 1.165) is 44.0 Å². The Hall–Kier alpha value is -7.36. The van der Waals surface area contributed by atoms with Crippen molar-refractivity contribution in [3.05, 3.63) is 168 Å². The van der Waals surface area contributed by atoms with E-state index in [9.17, 15) is 5.26 Å². The first-order valence-electron chi connectivity index (χ1n) is 18.4. The summed E-state index contributed by atoms with van der Waals surface area (Å²) in [6.45, 7) is 4.62. The molecule has 3 aromatic heterocycles. The predicted molar refractivity (Wildman–Crippen MR) is 220 cm³/mol. The third-order valence-electron chi connectivity index (χ3n) is 11.3. The highest BCUT2D eigenvalue weighted by Gasteiger charge is 2.37. The van der Waals surface area contributed by atoms with Crippen LogP contribution in [0.15, 0.2) is 156 Å². The van der Waals surface area contributed by atoms with Crippen molar-refractivity contribution in [3.8, 4) is 57.0 Å². The van der Waals surface area contributed by atoms with E-state index in [-0.39, 0.29) is 5.41 Å². The average molecular weight is 706 g/mol. The molecule has 258 valence electrons. The van der Waals surface area contributed by atoms with Gasteiger partial charge in [-0.3, -0.25) is 0 Å². The van der Waals surface area contributed by atoms with Crippen LogP contribution in [0.4, 0.5) is 0 Å². The minimum atomic E-state index is -0.154. The molecule has 1 aliphatic carbocycles. The van der Waals surface area contributed by atoms with Crippen LogP contribution in [0.2, 0.25) is 0 Å². The zero-order valence-electron chi connectivity index (χ0n) is 30.1. The van der Waals surface area contributed by atoms with Crippen LogP contribution in [-0.2, 0) is 5.41 Å². The molecule has 1 aliphatic rings. The van der Waals surface area contributed by atoms with Crippen molar-refractivity contribution in [2.24, 2.45) is 0 Å². The molecule has 0 amide bonds. The standard InChI is InChI=1S/C49H31N5O/c1-49(2)36-22-12-9-19-32(36)41-37(49)25-26-39-42(41)33-20-10-13-23-38(33)54(39)44-31(28-50)27-35(45-43(44)34-21-11-14-24-40(34)55-45)48-52-46(29-15-5-3-6-16-29)51-47(53-48)30-17-7-4-8-18-30/h3-27H,1-2H3. The molecule has 11 rings (SSSR count). The normalized spacial score (nSPS) is 13.0.